The highest BCUT2D eigenvalue weighted by Crippen LogP contribution is 2.44. The molecule has 4 rings (SSSR count). The zero-order chi connectivity index (χ0) is 17.4. The highest BCUT2D eigenvalue weighted by molar-refractivity contribution is 5.94. The summed E-state index contributed by atoms with van der Waals surface area (Å²) >= 11 is 0. The summed E-state index contributed by atoms with van der Waals surface area (Å²) in [6.45, 7) is 6.07. The van der Waals surface area contributed by atoms with E-state index in [9.17, 15) is 9.90 Å². The van der Waals surface area contributed by atoms with Crippen molar-refractivity contribution in [3.8, 4) is 0 Å². The maximum atomic E-state index is 12.5. The van der Waals surface area contributed by atoms with Crippen LogP contribution in [0, 0.1) is 11.8 Å². The van der Waals surface area contributed by atoms with Crippen LogP contribution in [0.5, 0.6) is 0 Å². The van der Waals surface area contributed by atoms with Crippen LogP contribution in [-0.2, 0) is 4.74 Å². The lowest BCUT2D eigenvalue weighted by Crippen LogP contribution is -2.47. The van der Waals surface area contributed by atoms with Crippen molar-refractivity contribution in [2.75, 3.05) is 44.3 Å². The third-order valence-electron chi connectivity index (χ3n) is 6.22. The number of carbonyl (C=O) groups is 1. The Balaban J connectivity index is 1.44. The molecule has 0 unspecified atom stereocenters. The number of morpholine rings is 1. The number of hydrogen-bond acceptors (Lipinski definition) is 5. The van der Waals surface area contributed by atoms with Crippen LogP contribution in [0.3, 0.4) is 0 Å². The highest BCUT2D eigenvalue weighted by atomic mass is 16.5. The summed E-state index contributed by atoms with van der Waals surface area (Å²) in [5, 5.41) is 11.1. The Hall–Kier alpha value is -1.66. The van der Waals surface area contributed by atoms with Crippen LogP contribution >= 0.6 is 0 Å². The van der Waals surface area contributed by atoms with Crippen molar-refractivity contribution in [2.24, 2.45) is 11.8 Å². The van der Waals surface area contributed by atoms with E-state index in [0.29, 0.717) is 44.3 Å². The van der Waals surface area contributed by atoms with Gasteiger partial charge in [0.1, 0.15) is 5.82 Å². The summed E-state index contributed by atoms with van der Waals surface area (Å²) in [7, 11) is 0. The second-order valence-electron chi connectivity index (χ2n) is 7.71. The molecule has 6 nitrogen and oxygen atoms in total. The first kappa shape index (κ1) is 16.8. The molecule has 1 aromatic rings. The van der Waals surface area contributed by atoms with E-state index in [1.807, 2.05) is 17.0 Å². The van der Waals surface area contributed by atoms with Gasteiger partial charge in [0.15, 0.2) is 0 Å². The topological polar surface area (TPSA) is 65.9 Å². The fourth-order valence-electron chi connectivity index (χ4n) is 4.28. The van der Waals surface area contributed by atoms with Gasteiger partial charge in [0.2, 0.25) is 0 Å². The van der Waals surface area contributed by atoms with Crippen LogP contribution < -0.4 is 4.90 Å². The Kier molecular flexibility index (Phi) is 4.41. The first-order valence-electron chi connectivity index (χ1n) is 9.38. The van der Waals surface area contributed by atoms with Gasteiger partial charge in [0.05, 0.1) is 24.4 Å². The number of rotatable bonds is 3. The number of aromatic nitrogens is 1. The van der Waals surface area contributed by atoms with Gasteiger partial charge in [-0.2, -0.15) is 0 Å². The maximum absolute atomic E-state index is 12.5. The van der Waals surface area contributed by atoms with Gasteiger partial charge in [-0.1, -0.05) is 13.3 Å². The fourth-order valence-corrected chi connectivity index (χ4v) is 4.28. The van der Waals surface area contributed by atoms with E-state index < -0.39 is 5.60 Å². The average Bonchev–Trinajstić information content (AvgIpc) is 2.89. The van der Waals surface area contributed by atoms with E-state index in [2.05, 4.69) is 16.8 Å². The summed E-state index contributed by atoms with van der Waals surface area (Å²) in [6, 6.07) is 3.76. The second kappa shape index (κ2) is 6.57. The van der Waals surface area contributed by atoms with Crippen molar-refractivity contribution in [3.63, 3.8) is 0 Å². The van der Waals surface area contributed by atoms with E-state index in [1.54, 1.807) is 6.20 Å². The van der Waals surface area contributed by atoms with Crippen molar-refractivity contribution < 1.29 is 14.6 Å². The van der Waals surface area contributed by atoms with Crippen LogP contribution in [0.15, 0.2) is 18.3 Å². The van der Waals surface area contributed by atoms with Crippen LogP contribution in [0.4, 0.5) is 5.82 Å². The minimum Gasteiger partial charge on any atom is -0.387 e. The molecule has 0 spiro atoms. The zero-order valence-corrected chi connectivity index (χ0v) is 14.9. The minimum atomic E-state index is -0.595. The van der Waals surface area contributed by atoms with Gasteiger partial charge in [-0.05, 0) is 30.9 Å². The average molecular weight is 345 g/mol. The van der Waals surface area contributed by atoms with Crippen molar-refractivity contribution in [3.05, 3.63) is 23.9 Å². The molecule has 3 aliphatic rings. The predicted octanol–water partition coefficient (Wildman–Crippen LogP) is 1.54. The molecule has 3 heterocycles. The third kappa shape index (κ3) is 3.02. The fraction of sp³-hybridized carbons (Fsp3) is 0.684. The molecule has 2 atom stereocenters. The molecular weight excluding hydrogens is 318 g/mol. The molecule has 25 heavy (non-hydrogen) atoms. The molecule has 1 saturated carbocycles. The number of anilines is 1. The minimum absolute atomic E-state index is 0.0168. The van der Waals surface area contributed by atoms with Crippen LogP contribution in [0.1, 0.15) is 36.5 Å². The van der Waals surface area contributed by atoms with Crippen molar-refractivity contribution in [2.45, 2.75) is 31.8 Å². The molecule has 136 valence electrons. The van der Waals surface area contributed by atoms with E-state index in [0.717, 1.165) is 25.2 Å². The van der Waals surface area contributed by atoms with E-state index >= 15 is 0 Å². The molecule has 2 aliphatic heterocycles. The van der Waals surface area contributed by atoms with Gasteiger partial charge in [-0.15, -0.1) is 0 Å². The molecule has 6 heteroatoms. The molecule has 1 N–H and O–H groups in total. The number of ether oxygens (including phenoxy) is 1. The van der Waals surface area contributed by atoms with Crippen LogP contribution in [-0.4, -0.2) is 65.9 Å². The maximum Gasteiger partial charge on any atom is 0.255 e. The van der Waals surface area contributed by atoms with E-state index in [-0.39, 0.29) is 11.8 Å². The van der Waals surface area contributed by atoms with Gasteiger partial charge in [-0.25, -0.2) is 4.98 Å². The molecule has 0 radical (unpaired) electrons. The normalized spacial score (nSPS) is 30.4. The summed E-state index contributed by atoms with van der Waals surface area (Å²) < 4.78 is 5.30. The summed E-state index contributed by atoms with van der Waals surface area (Å²) in [4.78, 5) is 21.0. The highest BCUT2D eigenvalue weighted by Gasteiger charge is 2.50. The summed E-state index contributed by atoms with van der Waals surface area (Å²) in [5.74, 6) is 1.53. The van der Waals surface area contributed by atoms with Gasteiger partial charge < -0.3 is 19.6 Å². The largest absolute Gasteiger partial charge is 0.387 e. The Morgan fingerprint density at radius 3 is 2.68 bits per heavy atom. The number of carbonyl (C=O) groups excluding carboxylic acids is 1. The Morgan fingerprint density at radius 2 is 2.08 bits per heavy atom. The van der Waals surface area contributed by atoms with Crippen molar-refractivity contribution >= 4 is 11.7 Å². The standard InChI is InChI=1S/C19H27N3O3/c1-14-12-22(13-19(14,24)16-3-2-4-16)17-6-5-15(11-20-17)18(23)21-7-9-25-10-8-21/h5-6,11,14,16,24H,2-4,7-10,12-13H2,1H3/t14-,19+/m1/s1. The SMILES string of the molecule is C[C@@H]1CN(c2ccc(C(=O)N3CCOCC3)cn2)C[C@@]1(O)C1CCC1. The molecule has 1 aliphatic carbocycles. The predicted molar refractivity (Wildman–Crippen MR) is 94.6 cm³/mol. The number of pyridine rings is 1. The first-order chi connectivity index (χ1) is 12.1. The lowest BCUT2D eigenvalue weighted by molar-refractivity contribution is -0.0615. The number of aliphatic hydroxyl groups is 1. The number of nitrogens with zero attached hydrogens (tertiary/aromatic N) is 3. The quantitative estimate of drug-likeness (QED) is 0.900. The lowest BCUT2D eigenvalue weighted by atomic mass is 9.69. The lowest BCUT2D eigenvalue weighted by Gasteiger charge is -2.41. The third-order valence-corrected chi connectivity index (χ3v) is 6.22. The van der Waals surface area contributed by atoms with Gasteiger partial charge in [0, 0.05) is 38.3 Å². The molecule has 0 bridgehead atoms. The van der Waals surface area contributed by atoms with Crippen molar-refractivity contribution in [1.29, 1.82) is 0 Å². The van der Waals surface area contributed by atoms with Gasteiger partial charge in [-0.3, -0.25) is 4.79 Å². The first-order valence-corrected chi connectivity index (χ1v) is 9.38. The molecule has 3 fully saturated rings. The summed E-state index contributed by atoms with van der Waals surface area (Å²) in [5.41, 5.74) is 0.0227. The summed E-state index contributed by atoms with van der Waals surface area (Å²) in [6.07, 6.45) is 5.17. The molecule has 0 aromatic carbocycles. The zero-order valence-electron chi connectivity index (χ0n) is 14.9. The van der Waals surface area contributed by atoms with Crippen molar-refractivity contribution in [1.82, 2.24) is 9.88 Å². The van der Waals surface area contributed by atoms with Gasteiger partial charge >= 0.3 is 0 Å². The van der Waals surface area contributed by atoms with Crippen LogP contribution in [0.25, 0.3) is 0 Å². The Morgan fingerprint density at radius 1 is 1.32 bits per heavy atom. The smallest absolute Gasteiger partial charge is 0.255 e. The van der Waals surface area contributed by atoms with E-state index in [1.165, 1.54) is 6.42 Å². The van der Waals surface area contributed by atoms with Crippen LogP contribution in [0.2, 0.25) is 0 Å². The second-order valence-corrected chi connectivity index (χ2v) is 7.71. The Labute approximate surface area is 148 Å². The molecular formula is C19H27N3O3. The molecule has 1 aromatic heterocycles. The van der Waals surface area contributed by atoms with E-state index in [4.69, 9.17) is 4.74 Å². The number of hydrogen-bond donors (Lipinski definition) is 1. The molecule has 2 saturated heterocycles. The number of amides is 1. The monoisotopic (exact) mass is 345 g/mol. The van der Waals surface area contributed by atoms with Gasteiger partial charge in [0.25, 0.3) is 5.91 Å². The number of β-amino-alcohol motifs (C(OH)–C–C–N with tert-alkyl or cyclic N) is 1. The molecule has 1 amide bonds. The Bertz CT molecular complexity index is 625.